The second-order valence-electron chi connectivity index (χ2n) is 5.09. The van der Waals surface area contributed by atoms with Crippen LogP contribution in [-0.2, 0) is 19.6 Å². The Morgan fingerprint density at radius 1 is 1.37 bits per heavy atom. The molecular formula is C12H23NO5S. The second-order valence-corrected chi connectivity index (χ2v) is 6.94. The molecule has 6 nitrogen and oxygen atoms in total. The fraction of sp³-hybridized carbons (Fsp3) is 0.917. The van der Waals surface area contributed by atoms with E-state index < -0.39 is 22.1 Å². The van der Waals surface area contributed by atoms with Crippen molar-refractivity contribution in [2.45, 2.75) is 44.6 Å². The molecule has 1 aliphatic carbocycles. The summed E-state index contributed by atoms with van der Waals surface area (Å²) in [4.78, 5) is 10.6. The number of methoxy groups -OCH3 is 1. The summed E-state index contributed by atoms with van der Waals surface area (Å²) in [5.74, 6) is -0.638. The monoisotopic (exact) mass is 293 g/mol. The lowest BCUT2D eigenvalue weighted by Crippen LogP contribution is -2.37. The molecule has 1 saturated carbocycles. The van der Waals surface area contributed by atoms with Gasteiger partial charge in [0.1, 0.15) is 0 Å². The van der Waals surface area contributed by atoms with Gasteiger partial charge in [-0.1, -0.05) is 19.3 Å². The maximum atomic E-state index is 11.9. The number of ether oxygens (including phenoxy) is 1. The fourth-order valence-electron chi connectivity index (χ4n) is 2.38. The Bertz CT molecular complexity index is 376. The van der Waals surface area contributed by atoms with Gasteiger partial charge in [0.15, 0.2) is 0 Å². The lowest BCUT2D eigenvalue weighted by Gasteiger charge is -2.22. The predicted molar refractivity (Wildman–Crippen MR) is 71.4 cm³/mol. The Morgan fingerprint density at radius 3 is 2.53 bits per heavy atom. The van der Waals surface area contributed by atoms with Gasteiger partial charge in [-0.2, -0.15) is 0 Å². The summed E-state index contributed by atoms with van der Waals surface area (Å²) in [6.07, 6.45) is 4.47. The molecule has 7 heteroatoms. The summed E-state index contributed by atoms with van der Waals surface area (Å²) in [5, 5.41) is 8.65. The standard InChI is InChI=1S/C12H23NO5S/c1-18-11(7-12(14)15)8-13-19(16,17)9-10-5-3-2-4-6-10/h10-11,13H,2-9H2,1H3,(H,14,15). The molecule has 0 amide bonds. The van der Waals surface area contributed by atoms with Crippen LogP contribution < -0.4 is 4.72 Å². The van der Waals surface area contributed by atoms with E-state index in [1.807, 2.05) is 0 Å². The molecule has 0 bridgehead atoms. The van der Waals surface area contributed by atoms with Crippen LogP contribution in [0.4, 0.5) is 0 Å². The lowest BCUT2D eigenvalue weighted by molar-refractivity contribution is -0.139. The zero-order valence-corrected chi connectivity index (χ0v) is 12.1. The summed E-state index contributed by atoms with van der Waals surface area (Å²) >= 11 is 0. The lowest BCUT2D eigenvalue weighted by atomic mass is 9.91. The Kier molecular flexibility index (Phi) is 6.74. The third kappa shape index (κ3) is 6.89. The molecule has 1 unspecified atom stereocenters. The number of carbonyl (C=O) groups is 1. The average Bonchev–Trinajstić information content (AvgIpc) is 2.34. The zero-order chi connectivity index (χ0) is 14.3. The predicted octanol–water partition coefficient (Wildman–Crippen LogP) is 0.976. The molecule has 0 heterocycles. The Hall–Kier alpha value is -0.660. The van der Waals surface area contributed by atoms with Crippen LogP contribution in [0.1, 0.15) is 38.5 Å². The van der Waals surface area contributed by atoms with Gasteiger partial charge >= 0.3 is 5.97 Å². The summed E-state index contributed by atoms with van der Waals surface area (Å²) in [6, 6.07) is 0. The first kappa shape index (κ1) is 16.4. The summed E-state index contributed by atoms with van der Waals surface area (Å²) in [6.45, 7) is 0.0118. The molecule has 0 aromatic rings. The van der Waals surface area contributed by atoms with Crippen molar-refractivity contribution in [1.82, 2.24) is 4.72 Å². The van der Waals surface area contributed by atoms with Gasteiger partial charge in [-0.25, -0.2) is 13.1 Å². The molecule has 2 N–H and O–H groups in total. The first-order valence-corrected chi connectivity index (χ1v) is 8.30. The number of hydrogen-bond donors (Lipinski definition) is 2. The maximum Gasteiger partial charge on any atom is 0.306 e. The van der Waals surface area contributed by atoms with Crippen LogP contribution in [0.2, 0.25) is 0 Å². The number of aliphatic carboxylic acids is 1. The van der Waals surface area contributed by atoms with E-state index in [0.29, 0.717) is 0 Å². The Balaban J connectivity index is 2.38. The Labute approximate surface area is 114 Å². The van der Waals surface area contributed by atoms with Crippen LogP contribution in [0, 0.1) is 5.92 Å². The molecule has 0 aromatic heterocycles. The normalized spacial score (nSPS) is 19.2. The van der Waals surface area contributed by atoms with Crippen molar-refractivity contribution < 1.29 is 23.1 Å². The van der Waals surface area contributed by atoms with Crippen molar-refractivity contribution in [2.75, 3.05) is 19.4 Å². The number of sulfonamides is 1. The minimum Gasteiger partial charge on any atom is -0.481 e. The van der Waals surface area contributed by atoms with Crippen molar-refractivity contribution in [1.29, 1.82) is 0 Å². The first-order valence-electron chi connectivity index (χ1n) is 6.65. The quantitative estimate of drug-likeness (QED) is 0.696. The molecule has 0 radical (unpaired) electrons. The van der Waals surface area contributed by atoms with Crippen molar-refractivity contribution in [3.63, 3.8) is 0 Å². The highest BCUT2D eigenvalue weighted by Crippen LogP contribution is 2.24. The van der Waals surface area contributed by atoms with Crippen molar-refractivity contribution >= 4 is 16.0 Å². The molecule has 1 atom stereocenters. The number of carboxylic acid groups (broad SMARTS) is 1. The molecule has 1 aliphatic rings. The number of hydrogen-bond acceptors (Lipinski definition) is 4. The van der Waals surface area contributed by atoms with Gasteiger partial charge in [0.05, 0.1) is 18.3 Å². The molecule has 0 aliphatic heterocycles. The van der Waals surface area contributed by atoms with Crippen LogP contribution in [0.5, 0.6) is 0 Å². The van der Waals surface area contributed by atoms with Crippen LogP contribution in [0.15, 0.2) is 0 Å². The topological polar surface area (TPSA) is 92.7 Å². The third-order valence-corrected chi connectivity index (χ3v) is 4.96. The highest BCUT2D eigenvalue weighted by atomic mass is 32.2. The van der Waals surface area contributed by atoms with E-state index in [2.05, 4.69) is 4.72 Å². The molecule has 1 fully saturated rings. The highest BCUT2D eigenvalue weighted by molar-refractivity contribution is 7.89. The van der Waals surface area contributed by atoms with E-state index in [1.54, 1.807) is 0 Å². The Morgan fingerprint density at radius 2 is 2.00 bits per heavy atom. The minimum atomic E-state index is -3.35. The van der Waals surface area contributed by atoms with Crippen molar-refractivity contribution in [2.24, 2.45) is 5.92 Å². The maximum absolute atomic E-state index is 11.9. The summed E-state index contributed by atoms with van der Waals surface area (Å²) < 4.78 is 31.2. The molecule has 0 saturated heterocycles. The van der Waals surface area contributed by atoms with Gasteiger partial charge in [0, 0.05) is 13.7 Å². The van der Waals surface area contributed by atoms with E-state index in [-0.39, 0.29) is 24.6 Å². The number of nitrogens with one attached hydrogen (secondary N) is 1. The zero-order valence-electron chi connectivity index (χ0n) is 11.3. The second kappa shape index (κ2) is 7.81. The fourth-order valence-corrected chi connectivity index (χ4v) is 3.89. The van der Waals surface area contributed by atoms with Crippen molar-refractivity contribution in [3.8, 4) is 0 Å². The average molecular weight is 293 g/mol. The molecule has 19 heavy (non-hydrogen) atoms. The van der Waals surface area contributed by atoms with Crippen LogP contribution in [0.25, 0.3) is 0 Å². The molecule has 1 rings (SSSR count). The largest absolute Gasteiger partial charge is 0.481 e. The van der Waals surface area contributed by atoms with E-state index in [9.17, 15) is 13.2 Å². The molecule has 0 spiro atoms. The van der Waals surface area contributed by atoms with E-state index >= 15 is 0 Å². The smallest absolute Gasteiger partial charge is 0.306 e. The molecular weight excluding hydrogens is 270 g/mol. The van der Waals surface area contributed by atoms with Gasteiger partial charge in [0.2, 0.25) is 10.0 Å². The van der Waals surface area contributed by atoms with Gasteiger partial charge in [-0.3, -0.25) is 4.79 Å². The molecule has 112 valence electrons. The SMILES string of the molecule is COC(CNS(=O)(=O)CC1CCCCC1)CC(=O)O. The summed E-state index contributed by atoms with van der Waals surface area (Å²) in [5.41, 5.74) is 0. The van der Waals surface area contributed by atoms with E-state index in [1.165, 1.54) is 13.5 Å². The first-order chi connectivity index (χ1) is 8.93. The van der Waals surface area contributed by atoms with Crippen LogP contribution in [0.3, 0.4) is 0 Å². The van der Waals surface area contributed by atoms with E-state index in [4.69, 9.17) is 9.84 Å². The van der Waals surface area contributed by atoms with Gasteiger partial charge in [0.25, 0.3) is 0 Å². The number of carboxylic acids is 1. The van der Waals surface area contributed by atoms with Gasteiger partial charge in [-0.15, -0.1) is 0 Å². The van der Waals surface area contributed by atoms with Gasteiger partial charge < -0.3 is 9.84 Å². The highest BCUT2D eigenvalue weighted by Gasteiger charge is 2.22. The van der Waals surface area contributed by atoms with E-state index in [0.717, 1.165) is 25.7 Å². The minimum absolute atomic E-state index is 0.0118. The van der Waals surface area contributed by atoms with Crippen LogP contribution >= 0.6 is 0 Å². The van der Waals surface area contributed by atoms with Crippen molar-refractivity contribution in [3.05, 3.63) is 0 Å². The number of rotatable bonds is 8. The third-order valence-electron chi connectivity index (χ3n) is 3.45. The van der Waals surface area contributed by atoms with Gasteiger partial charge in [-0.05, 0) is 18.8 Å². The van der Waals surface area contributed by atoms with Crippen LogP contribution in [-0.4, -0.2) is 45.0 Å². The molecule has 0 aromatic carbocycles. The summed E-state index contributed by atoms with van der Waals surface area (Å²) in [7, 11) is -1.97.